The molecule has 3 N–H and O–H groups in total. The number of anilines is 1. The van der Waals surface area contributed by atoms with Gasteiger partial charge in [-0.15, -0.1) is 0 Å². The van der Waals surface area contributed by atoms with Crippen LogP contribution in [0.2, 0.25) is 0 Å². The Morgan fingerprint density at radius 1 is 1.17 bits per heavy atom. The Bertz CT molecular complexity index is 908. The van der Waals surface area contributed by atoms with E-state index in [-0.39, 0.29) is 11.3 Å². The zero-order chi connectivity index (χ0) is 21.0. The first-order valence-electron chi connectivity index (χ1n) is 9.55. The van der Waals surface area contributed by atoms with Gasteiger partial charge in [-0.1, -0.05) is 37.3 Å². The molecule has 8 heteroatoms. The summed E-state index contributed by atoms with van der Waals surface area (Å²) in [6, 6.07) is 12.0. The number of nitro groups is 1. The van der Waals surface area contributed by atoms with Crippen LogP contribution in [0.15, 0.2) is 48.5 Å². The van der Waals surface area contributed by atoms with Gasteiger partial charge in [0.15, 0.2) is 0 Å². The van der Waals surface area contributed by atoms with E-state index in [4.69, 9.17) is 5.73 Å². The number of nitrogens with zero attached hydrogens (tertiary/aromatic N) is 2. The molecule has 1 aliphatic rings. The first kappa shape index (κ1) is 20.3. The zero-order valence-corrected chi connectivity index (χ0v) is 16.2. The van der Waals surface area contributed by atoms with Crippen molar-refractivity contribution in [3.8, 4) is 0 Å². The van der Waals surface area contributed by atoms with Crippen molar-refractivity contribution in [2.75, 3.05) is 18.0 Å². The predicted octanol–water partition coefficient (Wildman–Crippen LogP) is 2.79. The van der Waals surface area contributed by atoms with Crippen LogP contribution in [0.25, 0.3) is 0 Å². The van der Waals surface area contributed by atoms with Gasteiger partial charge < -0.3 is 16.0 Å². The lowest BCUT2D eigenvalue weighted by molar-refractivity contribution is -0.384. The molecule has 1 aliphatic heterocycles. The minimum atomic E-state index is -1.02. The van der Waals surface area contributed by atoms with Crippen LogP contribution >= 0.6 is 0 Å². The van der Waals surface area contributed by atoms with E-state index < -0.39 is 22.8 Å². The van der Waals surface area contributed by atoms with E-state index in [0.717, 1.165) is 25.9 Å². The smallest absolute Gasteiger partial charge is 0.293 e. The Morgan fingerprint density at radius 3 is 2.41 bits per heavy atom. The highest BCUT2D eigenvalue weighted by molar-refractivity contribution is 5.98. The van der Waals surface area contributed by atoms with Crippen molar-refractivity contribution >= 4 is 23.2 Å². The third-order valence-electron chi connectivity index (χ3n) is 5.25. The average Bonchev–Trinajstić information content (AvgIpc) is 2.72. The maximum absolute atomic E-state index is 12.7. The summed E-state index contributed by atoms with van der Waals surface area (Å²) in [5.74, 6) is -0.711. The molecule has 1 fully saturated rings. The first-order chi connectivity index (χ1) is 13.9. The topological polar surface area (TPSA) is 119 Å². The van der Waals surface area contributed by atoms with E-state index in [1.54, 1.807) is 42.5 Å². The Balaban J connectivity index is 1.84. The highest BCUT2D eigenvalue weighted by Crippen LogP contribution is 2.32. The normalized spacial score (nSPS) is 15.6. The minimum absolute atomic E-state index is 0.105. The van der Waals surface area contributed by atoms with Gasteiger partial charge in [-0.3, -0.25) is 19.7 Å². The van der Waals surface area contributed by atoms with E-state index in [2.05, 4.69) is 12.2 Å². The maximum Gasteiger partial charge on any atom is 0.293 e. The van der Waals surface area contributed by atoms with Gasteiger partial charge in [0.2, 0.25) is 5.91 Å². The molecule has 8 nitrogen and oxygen atoms in total. The van der Waals surface area contributed by atoms with Gasteiger partial charge in [0.05, 0.1) is 4.92 Å². The molecule has 1 saturated heterocycles. The molecular weight excluding hydrogens is 372 g/mol. The number of rotatable bonds is 6. The number of nitrogens with two attached hydrogens (primary N) is 1. The van der Waals surface area contributed by atoms with Gasteiger partial charge in [-0.05, 0) is 36.5 Å². The van der Waals surface area contributed by atoms with E-state index in [0.29, 0.717) is 17.2 Å². The number of hydrogen-bond donors (Lipinski definition) is 2. The summed E-state index contributed by atoms with van der Waals surface area (Å²) < 4.78 is 0. The summed E-state index contributed by atoms with van der Waals surface area (Å²) in [4.78, 5) is 37.6. The van der Waals surface area contributed by atoms with Gasteiger partial charge in [0.25, 0.3) is 11.6 Å². The predicted molar refractivity (Wildman–Crippen MR) is 110 cm³/mol. The molecule has 3 rings (SSSR count). The van der Waals surface area contributed by atoms with Crippen LogP contribution in [0.1, 0.15) is 41.7 Å². The van der Waals surface area contributed by atoms with Crippen LogP contribution in [0.5, 0.6) is 0 Å². The quantitative estimate of drug-likeness (QED) is 0.575. The van der Waals surface area contributed by atoms with Gasteiger partial charge in [-0.2, -0.15) is 0 Å². The highest BCUT2D eigenvalue weighted by atomic mass is 16.6. The molecule has 29 heavy (non-hydrogen) atoms. The van der Waals surface area contributed by atoms with Crippen molar-refractivity contribution in [3.05, 3.63) is 69.8 Å². The van der Waals surface area contributed by atoms with Crippen LogP contribution < -0.4 is 16.0 Å². The fraction of sp³-hybridized carbons (Fsp3) is 0.333. The van der Waals surface area contributed by atoms with Crippen molar-refractivity contribution in [1.29, 1.82) is 0 Å². The number of primary amides is 1. The summed E-state index contributed by atoms with van der Waals surface area (Å²) in [6.07, 6.45) is 1.94. The van der Waals surface area contributed by atoms with Crippen molar-refractivity contribution < 1.29 is 14.5 Å². The zero-order valence-electron chi connectivity index (χ0n) is 16.2. The minimum Gasteiger partial charge on any atom is -0.368 e. The number of nitro benzene ring substituents is 1. The van der Waals surface area contributed by atoms with Crippen LogP contribution in [0, 0.1) is 16.0 Å². The number of benzene rings is 2. The fourth-order valence-corrected chi connectivity index (χ4v) is 3.51. The molecular formula is C21H24N4O4. The molecule has 1 unspecified atom stereocenters. The Morgan fingerprint density at radius 2 is 1.83 bits per heavy atom. The van der Waals surface area contributed by atoms with E-state index >= 15 is 0 Å². The Hall–Kier alpha value is -3.42. The molecule has 152 valence electrons. The van der Waals surface area contributed by atoms with Crippen molar-refractivity contribution in [3.63, 3.8) is 0 Å². The monoisotopic (exact) mass is 396 g/mol. The van der Waals surface area contributed by atoms with Gasteiger partial charge in [-0.25, -0.2) is 0 Å². The molecule has 1 heterocycles. The molecule has 2 aromatic rings. The SMILES string of the molecule is CC1CCN(c2ccc(C(=O)NC(C(N)=O)c3ccccc3)cc2[N+](=O)[O-])CC1. The second-order valence-corrected chi connectivity index (χ2v) is 7.35. The van der Waals surface area contributed by atoms with Gasteiger partial charge in [0.1, 0.15) is 11.7 Å². The van der Waals surface area contributed by atoms with E-state index in [1.807, 2.05) is 4.90 Å². The van der Waals surface area contributed by atoms with E-state index in [1.165, 1.54) is 6.07 Å². The number of piperidine rings is 1. The van der Waals surface area contributed by atoms with Crippen LogP contribution in [0.4, 0.5) is 11.4 Å². The molecule has 2 amide bonds. The summed E-state index contributed by atoms with van der Waals surface area (Å²) in [6.45, 7) is 3.65. The Labute approximate surface area is 168 Å². The second-order valence-electron chi connectivity index (χ2n) is 7.35. The lowest BCUT2D eigenvalue weighted by Crippen LogP contribution is -2.37. The summed E-state index contributed by atoms with van der Waals surface area (Å²) in [5.41, 5.74) is 6.47. The number of nitrogens with one attached hydrogen (secondary N) is 1. The van der Waals surface area contributed by atoms with Crippen LogP contribution in [-0.4, -0.2) is 29.8 Å². The third-order valence-corrected chi connectivity index (χ3v) is 5.25. The molecule has 0 radical (unpaired) electrons. The molecule has 0 bridgehead atoms. The van der Waals surface area contributed by atoms with Gasteiger partial charge >= 0.3 is 0 Å². The second kappa shape index (κ2) is 8.72. The molecule has 0 spiro atoms. The van der Waals surface area contributed by atoms with Gasteiger partial charge in [0, 0.05) is 24.7 Å². The first-order valence-corrected chi connectivity index (χ1v) is 9.55. The standard InChI is InChI=1S/C21H24N4O4/c1-14-9-11-24(12-10-14)17-8-7-16(13-18(17)25(28)29)21(27)23-19(20(22)26)15-5-3-2-4-6-15/h2-8,13-14,19H,9-12H2,1H3,(H2,22,26)(H,23,27). The van der Waals surface area contributed by atoms with Crippen LogP contribution in [0.3, 0.4) is 0 Å². The molecule has 1 atom stereocenters. The maximum atomic E-state index is 12.7. The lowest BCUT2D eigenvalue weighted by atomic mass is 9.98. The molecule has 0 aromatic heterocycles. The van der Waals surface area contributed by atoms with Crippen molar-refractivity contribution in [2.24, 2.45) is 11.7 Å². The highest BCUT2D eigenvalue weighted by Gasteiger charge is 2.26. The fourth-order valence-electron chi connectivity index (χ4n) is 3.51. The van der Waals surface area contributed by atoms with Crippen LogP contribution in [-0.2, 0) is 4.79 Å². The summed E-state index contributed by atoms with van der Waals surface area (Å²) in [7, 11) is 0. The summed E-state index contributed by atoms with van der Waals surface area (Å²) in [5, 5.41) is 14.2. The van der Waals surface area contributed by atoms with E-state index in [9.17, 15) is 19.7 Å². The largest absolute Gasteiger partial charge is 0.368 e. The Kier molecular flexibility index (Phi) is 6.11. The average molecular weight is 396 g/mol. The van der Waals surface area contributed by atoms with Crippen molar-refractivity contribution in [1.82, 2.24) is 5.32 Å². The lowest BCUT2D eigenvalue weighted by Gasteiger charge is -2.31. The molecule has 2 aromatic carbocycles. The summed E-state index contributed by atoms with van der Waals surface area (Å²) >= 11 is 0. The number of carbonyl (C=O) groups is 2. The number of carbonyl (C=O) groups excluding carboxylic acids is 2. The molecule has 0 aliphatic carbocycles. The number of hydrogen-bond acceptors (Lipinski definition) is 5. The third kappa shape index (κ3) is 4.71. The molecule has 0 saturated carbocycles. The number of amides is 2. The van der Waals surface area contributed by atoms with Crippen molar-refractivity contribution in [2.45, 2.75) is 25.8 Å².